The second-order valence-electron chi connectivity index (χ2n) is 8.30. The van der Waals surface area contributed by atoms with Gasteiger partial charge in [0.2, 0.25) is 5.88 Å². The van der Waals surface area contributed by atoms with Crippen molar-refractivity contribution in [3.8, 4) is 11.6 Å². The fourth-order valence-corrected chi connectivity index (χ4v) is 4.29. The molecular weight excluding hydrogens is 402 g/mol. The Hall–Kier alpha value is -3.74. The van der Waals surface area contributed by atoms with E-state index in [0.717, 1.165) is 29.2 Å². The zero-order chi connectivity index (χ0) is 22.1. The van der Waals surface area contributed by atoms with Crippen LogP contribution in [0.1, 0.15) is 35.7 Å². The lowest BCUT2D eigenvalue weighted by molar-refractivity contribution is 0.0377. The van der Waals surface area contributed by atoms with Gasteiger partial charge >= 0.3 is 0 Å². The summed E-state index contributed by atoms with van der Waals surface area (Å²) in [5.41, 5.74) is 2.29. The highest BCUT2D eigenvalue weighted by atomic mass is 16.5. The molecule has 0 radical (unpaired) electrons. The number of piperidine rings is 1. The molecule has 1 aliphatic rings. The lowest BCUT2D eigenvalue weighted by Gasteiger charge is -2.38. The van der Waals surface area contributed by atoms with Crippen LogP contribution in [-0.4, -0.2) is 49.5 Å². The molecule has 3 heterocycles. The van der Waals surface area contributed by atoms with E-state index >= 15 is 0 Å². The number of carbonyl (C=O) groups excluding carboxylic acids is 1. The van der Waals surface area contributed by atoms with E-state index in [1.807, 2.05) is 60.4 Å². The number of aromatic nitrogens is 4. The number of amides is 1. The molecule has 32 heavy (non-hydrogen) atoms. The first-order valence-electron chi connectivity index (χ1n) is 10.9. The number of rotatable bonds is 4. The fourth-order valence-electron chi connectivity index (χ4n) is 4.29. The van der Waals surface area contributed by atoms with Crippen molar-refractivity contribution in [2.24, 2.45) is 0 Å². The van der Waals surface area contributed by atoms with Crippen LogP contribution in [0.4, 0.5) is 0 Å². The van der Waals surface area contributed by atoms with Gasteiger partial charge in [-0.2, -0.15) is 15.0 Å². The molecule has 2 unspecified atom stereocenters. The van der Waals surface area contributed by atoms with Crippen molar-refractivity contribution >= 4 is 16.7 Å². The van der Waals surface area contributed by atoms with Gasteiger partial charge in [0.1, 0.15) is 6.10 Å². The van der Waals surface area contributed by atoms with Gasteiger partial charge in [-0.3, -0.25) is 4.79 Å². The van der Waals surface area contributed by atoms with Crippen molar-refractivity contribution in [1.82, 2.24) is 24.9 Å². The van der Waals surface area contributed by atoms with Gasteiger partial charge in [0.05, 0.1) is 30.2 Å². The smallest absolute Gasteiger partial charge is 0.256 e. The van der Waals surface area contributed by atoms with Gasteiger partial charge < -0.3 is 9.64 Å². The van der Waals surface area contributed by atoms with Crippen LogP contribution < -0.4 is 4.74 Å². The lowest BCUT2D eigenvalue weighted by atomic mass is 9.99. The van der Waals surface area contributed by atoms with Gasteiger partial charge in [0, 0.05) is 17.6 Å². The third-order valence-corrected chi connectivity index (χ3v) is 6.03. The summed E-state index contributed by atoms with van der Waals surface area (Å²) in [5.74, 6) is 0.583. The monoisotopic (exact) mass is 427 g/mol. The van der Waals surface area contributed by atoms with Crippen LogP contribution in [0.3, 0.4) is 0 Å². The molecule has 1 aliphatic heterocycles. The molecule has 0 N–H and O–H groups in total. The van der Waals surface area contributed by atoms with Crippen molar-refractivity contribution in [2.45, 2.75) is 38.8 Å². The zero-order valence-corrected chi connectivity index (χ0v) is 18.2. The number of aryl methyl sites for hydroxylation is 1. The highest BCUT2D eigenvalue weighted by Crippen LogP contribution is 2.28. The van der Waals surface area contributed by atoms with Crippen molar-refractivity contribution in [1.29, 1.82) is 0 Å². The number of hydrogen-bond acceptors (Lipinski definition) is 5. The molecule has 0 bridgehead atoms. The van der Waals surface area contributed by atoms with Crippen molar-refractivity contribution in [3.05, 3.63) is 78.2 Å². The summed E-state index contributed by atoms with van der Waals surface area (Å²) in [6, 6.07) is 15.9. The summed E-state index contributed by atoms with van der Waals surface area (Å²) >= 11 is 0. The van der Waals surface area contributed by atoms with Crippen molar-refractivity contribution < 1.29 is 9.53 Å². The minimum atomic E-state index is -0.121. The first-order chi connectivity index (χ1) is 15.6. The molecule has 7 heteroatoms. The Labute approximate surface area is 186 Å². The maximum absolute atomic E-state index is 13.7. The normalized spacial score (nSPS) is 18.6. The number of fused-ring (bicyclic) bond motifs is 1. The van der Waals surface area contributed by atoms with Crippen molar-refractivity contribution in [3.63, 3.8) is 0 Å². The number of hydrogen-bond donors (Lipinski definition) is 0. The zero-order valence-electron chi connectivity index (χ0n) is 18.2. The molecule has 2 aromatic carbocycles. The van der Waals surface area contributed by atoms with E-state index in [-0.39, 0.29) is 18.1 Å². The molecular formula is C25H25N5O2. The summed E-state index contributed by atoms with van der Waals surface area (Å²) in [4.78, 5) is 21.5. The predicted octanol–water partition coefficient (Wildman–Crippen LogP) is 4.20. The maximum Gasteiger partial charge on any atom is 0.256 e. The quantitative estimate of drug-likeness (QED) is 0.488. The molecule has 5 rings (SSSR count). The molecule has 0 saturated carbocycles. The van der Waals surface area contributed by atoms with E-state index in [1.165, 1.54) is 4.80 Å². The Balaban J connectivity index is 1.42. The first kappa shape index (κ1) is 20.2. The minimum Gasteiger partial charge on any atom is -0.472 e. The predicted molar refractivity (Wildman–Crippen MR) is 122 cm³/mol. The van der Waals surface area contributed by atoms with E-state index in [2.05, 4.69) is 22.1 Å². The van der Waals surface area contributed by atoms with Gasteiger partial charge in [-0.15, -0.1) is 0 Å². The summed E-state index contributed by atoms with van der Waals surface area (Å²) < 4.78 is 6.32. The molecule has 2 aromatic heterocycles. The van der Waals surface area contributed by atoms with Crippen LogP contribution in [0.25, 0.3) is 16.5 Å². The van der Waals surface area contributed by atoms with Crippen LogP contribution in [0.5, 0.6) is 5.88 Å². The number of nitrogens with zero attached hydrogens (tertiary/aromatic N) is 5. The second kappa shape index (κ2) is 8.42. The number of benzene rings is 2. The summed E-state index contributed by atoms with van der Waals surface area (Å²) in [6.07, 6.45) is 6.60. The highest BCUT2D eigenvalue weighted by Gasteiger charge is 2.32. The molecule has 2 atom stereocenters. The Morgan fingerprint density at radius 3 is 2.69 bits per heavy atom. The molecule has 1 amide bonds. The Morgan fingerprint density at radius 1 is 1.03 bits per heavy atom. The topological polar surface area (TPSA) is 73.1 Å². The number of likely N-dealkylation sites (tertiary alicyclic amines) is 1. The second-order valence-corrected chi connectivity index (χ2v) is 8.30. The third-order valence-electron chi connectivity index (χ3n) is 6.03. The highest BCUT2D eigenvalue weighted by molar-refractivity contribution is 5.98. The van der Waals surface area contributed by atoms with Crippen LogP contribution >= 0.6 is 0 Å². The lowest BCUT2D eigenvalue weighted by Crippen LogP contribution is -2.49. The van der Waals surface area contributed by atoms with Crippen LogP contribution in [-0.2, 0) is 0 Å². The van der Waals surface area contributed by atoms with E-state index in [4.69, 9.17) is 4.74 Å². The van der Waals surface area contributed by atoms with Gasteiger partial charge in [0.25, 0.3) is 5.91 Å². The largest absolute Gasteiger partial charge is 0.472 e. The fraction of sp³-hybridized carbons (Fsp3) is 0.280. The Morgan fingerprint density at radius 2 is 1.84 bits per heavy atom. The Bertz CT molecular complexity index is 1250. The average molecular weight is 428 g/mol. The molecule has 4 aromatic rings. The van der Waals surface area contributed by atoms with E-state index in [0.29, 0.717) is 23.7 Å². The molecule has 1 fully saturated rings. The van der Waals surface area contributed by atoms with Crippen LogP contribution in [0.2, 0.25) is 0 Å². The SMILES string of the molecule is Cc1ccc(-n2nccn2)c(C(=O)N2CC(Oc3nccc4ccccc34)CCC2C)c1. The molecule has 7 nitrogen and oxygen atoms in total. The van der Waals surface area contributed by atoms with E-state index in [1.54, 1.807) is 18.6 Å². The van der Waals surface area contributed by atoms with E-state index < -0.39 is 0 Å². The van der Waals surface area contributed by atoms with Gasteiger partial charge in [-0.25, -0.2) is 4.98 Å². The average Bonchev–Trinajstić information content (AvgIpc) is 3.35. The molecule has 0 spiro atoms. The Kier molecular flexibility index (Phi) is 5.31. The number of carbonyl (C=O) groups is 1. The summed E-state index contributed by atoms with van der Waals surface area (Å²) in [6.45, 7) is 4.57. The van der Waals surface area contributed by atoms with E-state index in [9.17, 15) is 4.79 Å². The first-order valence-corrected chi connectivity index (χ1v) is 10.9. The van der Waals surface area contributed by atoms with Crippen LogP contribution in [0.15, 0.2) is 67.1 Å². The van der Waals surface area contributed by atoms with Gasteiger partial charge in [-0.05, 0) is 56.3 Å². The standard InChI is InChI=1S/C25H25N5O2/c1-17-7-10-23(30-27-13-14-28-30)22(15-17)25(31)29-16-20(9-8-18(29)2)32-24-21-6-4-3-5-19(21)11-12-26-24/h3-7,10-15,18,20H,8-9,16H2,1-2H3. The third kappa shape index (κ3) is 3.82. The summed E-state index contributed by atoms with van der Waals surface area (Å²) in [5, 5.41) is 10.5. The van der Waals surface area contributed by atoms with Crippen LogP contribution in [0, 0.1) is 6.92 Å². The van der Waals surface area contributed by atoms with Gasteiger partial charge in [-0.1, -0.05) is 29.8 Å². The van der Waals surface area contributed by atoms with Gasteiger partial charge in [0.15, 0.2) is 0 Å². The molecule has 162 valence electrons. The number of ether oxygens (including phenoxy) is 1. The van der Waals surface area contributed by atoms with Crippen molar-refractivity contribution in [2.75, 3.05) is 6.54 Å². The minimum absolute atomic E-state index is 0.0346. The number of pyridine rings is 1. The summed E-state index contributed by atoms with van der Waals surface area (Å²) in [7, 11) is 0. The molecule has 1 saturated heterocycles. The maximum atomic E-state index is 13.7. The molecule has 0 aliphatic carbocycles.